The molecular formula is C18H16N4O6. The molecule has 1 aromatic carbocycles. The van der Waals surface area contributed by atoms with E-state index in [0.29, 0.717) is 5.56 Å². The standard InChI is InChI=1S/C18H16N4O6/c1-21-9-5-8-13(21)16(25)19-14(23)11-27-15(24)10-22-18(26)28-17(20-22)12-6-3-2-4-7-12/h2-9H,10-11H2,1H3,(H,19,23,25). The van der Waals surface area contributed by atoms with Crippen LogP contribution in [0.15, 0.2) is 57.9 Å². The first-order chi connectivity index (χ1) is 13.4. The third-order valence-electron chi connectivity index (χ3n) is 3.70. The number of amides is 2. The molecule has 0 atom stereocenters. The van der Waals surface area contributed by atoms with Gasteiger partial charge in [0.25, 0.3) is 11.8 Å². The van der Waals surface area contributed by atoms with E-state index in [1.807, 2.05) is 0 Å². The second-order valence-electron chi connectivity index (χ2n) is 5.74. The number of hydrogen-bond donors (Lipinski definition) is 1. The van der Waals surface area contributed by atoms with Crippen molar-refractivity contribution in [2.24, 2.45) is 7.05 Å². The summed E-state index contributed by atoms with van der Waals surface area (Å²) in [5.41, 5.74) is 0.854. The van der Waals surface area contributed by atoms with E-state index in [9.17, 15) is 19.2 Å². The monoisotopic (exact) mass is 384 g/mol. The summed E-state index contributed by atoms with van der Waals surface area (Å²) < 4.78 is 12.1. The minimum Gasteiger partial charge on any atom is -0.454 e. The minimum absolute atomic E-state index is 0.0595. The number of nitrogens with one attached hydrogen (secondary N) is 1. The van der Waals surface area contributed by atoms with Crippen molar-refractivity contribution in [1.82, 2.24) is 19.7 Å². The average molecular weight is 384 g/mol. The molecule has 0 saturated heterocycles. The fourth-order valence-electron chi connectivity index (χ4n) is 2.34. The van der Waals surface area contributed by atoms with Gasteiger partial charge in [-0.1, -0.05) is 18.2 Å². The van der Waals surface area contributed by atoms with Gasteiger partial charge in [-0.05, 0) is 24.3 Å². The van der Waals surface area contributed by atoms with Gasteiger partial charge in [0.1, 0.15) is 12.2 Å². The molecule has 0 aliphatic rings. The lowest BCUT2D eigenvalue weighted by Crippen LogP contribution is -2.35. The Bertz CT molecular complexity index is 1060. The zero-order valence-electron chi connectivity index (χ0n) is 14.8. The van der Waals surface area contributed by atoms with Crippen LogP contribution in [0.3, 0.4) is 0 Å². The Morgan fingerprint density at radius 1 is 1.14 bits per heavy atom. The third kappa shape index (κ3) is 4.41. The van der Waals surface area contributed by atoms with Gasteiger partial charge in [0.05, 0.1) is 0 Å². The second-order valence-corrected chi connectivity index (χ2v) is 5.74. The van der Waals surface area contributed by atoms with Crippen LogP contribution in [0, 0.1) is 0 Å². The molecule has 0 unspecified atom stereocenters. The third-order valence-corrected chi connectivity index (χ3v) is 3.70. The normalized spacial score (nSPS) is 10.5. The Hall–Kier alpha value is -3.95. The smallest absolute Gasteiger partial charge is 0.437 e. The Labute approximate surface area is 158 Å². The first kappa shape index (κ1) is 18.8. The van der Waals surface area contributed by atoms with Gasteiger partial charge in [0, 0.05) is 18.8 Å². The molecule has 0 saturated carbocycles. The van der Waals surface area contributed by atoms with E-state index >= 15 is 0 Å². The van der Waals surface area contributed by atoms with Gasteiger partial charge < -0.3 is 13.7 Å². The highest BCUT2D eigenvalue weighted by Gasteiger charge is 2.17. The molecule has 0 aliphatic heterocycles. The topological polar surface area (TPSA) is 125 Å². The molecule has 3 aromatic rings. The van der Waals surface area contributed by atoms with Gasteiger partial charge in [0.15, 0.2) is 6.61 Å². The zero-order chi connectivity index (χ0) is 20.1. The lowest BCUT2D eigenvalue weighted by molar-refractivity contribution is -0.149. The molecule has 2 aromatic heterocycles. The van der Waals surface area contributed by atoms with Crippen LogP contribution in [-0.2, 0) is 27.9 Å². The SMILES string of the molecule is Cn1cccc1C(=O)NC(=O)COC(=O)Cn1nc(-c2ccccc2)oc1=O. The van der Waals surface area contributed by atoms with Crippen LogP contribution in [0.25, 0.3) is 11.5 Å². The number of nitrogens with zero attached hydrogens (tertiary/aromatic N) is 3. The van der Waals surface area contributed by atoms with Gasteiger partial charge in [-0.25, -0.2) is 4.79 Å². The van der Waals surface area contributed by atoms with Crippen LogP contribution in [0.1, 0.15) is 10.5 Å². The van der Waals surface area contributed by atoms with E-state index in [2.05, 4.69) is 10.4 Å². The van der Waals surface area contributed by atoms with Crippen LogP contribution < -0.4 is 11.1 Å². The number of aryl methyl sites for hydroxylation is 1. The first-order valence-electron chi connectivity index (χ1n) is 8.18. The van der Waals surface area contributed by atoms with Crippen molar-refractivity contribution in [3.05, 3.63) is 64.9 Å². The number of carbonyl (C=O) groups excluding carboxylic acids is 3. The molecule has 144 valence electrons. The van der Waals surface area contributed by atoms with Crippen LogP contribution in [0.4, 0.5) is 0 Å². The number of hydrogen-bond acceptors (Lipinski definition) is 7. The van der Waals surface area contributed by atoms with Gasteiger partial charge in [-0.15, -0.1) is 5.10 Å². The summed E-state index contributed by atoms with van der Waals surface area (Å²) >= 11 is 0. The highest BCUT2D eigenvalue weighted by atomic mass is 16.5. The largest absolute Gasteiger partial charge is 0.454 e. The van der Waals surface area contributed by atoms with E-state index < -0.39 is 36.7 Å². The maximum Gasteiger partial charge on any atom is 0.437 e. The summed E-state index contributed by atoms with van der Waals surface area (Å²) in [5.74, 6) is -3.06. The molecule has 0 aliphatic carbocycles. The Morgan fingerprint density at radius 3 is 2.57 bits per heavy atom. The highest BCUT2D eigenvalue weighted by molar-refractivity contribution is 6.04. The fraction of sp³-hybridized carbons (Fsp3) is 0.167. The molecule has 2 amide bonds. The van der Waals surface area contributed by atoms with Crippen molar-refractivity contribution >= 4 is 17.8 Å². The summed E-state index contributed by atoms with van der Waals surface area (Å²) in [5, 5.41) is 6.02. The van der Waals surface area contributed by atoms with Gasteiger partial charge in [0.2, 0.25) is 5.89 Å². The second kappa shape index (κ2) is 8.16. The number of rotatable bonds is 6. The lowest BCUT2D eigenvalue weighted by Gasteiger charge is -2.06. The van der Waals surface area contributed by atoms with Gasteiger partial charge >= 0.3 is 11.7 Å². The van der Waals surface area contributed by atoms with Crippen molar-refractivity contribution < 1.29 is 23.5 Å². The molecule has 0 fully saturated rings. The van der Waals surface area contributed by atoms with E-state index in [4.69, 9.17) is 9.15 Å². The van der Waals surface area contributed by atoms with E-state index in [0.717, 1.165) is 4.68 Å². The van der Waals surface area contributed by atoms with Crippen LogP contribution in [0.2, 0.25) is 0 Å². The molecule has 0 spiro atoms. The van der Waals surface area contributed by atoms with Crippen LogP contribution in [-0.4, -0.2) is 38.7 Å². The molecule has 28 heavy (non-hydrogen) atoms. The number of ether oxygens (including phenoxy) is 1. The summed E-state index contributed by atoms with van der Waals surface area (Å²) in [6.45, 7) is -1.21. The summed E-state index contributed by atoms with van der Waals surface area (Å²) in [6, 6.07) is 11.9. The highest BCUT2D eigenvalue weighted by Crippen LogP contribution is 2.13. The fourth-order valence-corrected chi connectivity index (χ4v) is 2.34. The summed E-state index contributed by atoms with van der Waals surface area (Å²) in [4.78, 5) is 47.3. The number of aromatic nitrogens is 3. The maximum absolute atomic E-state index is 11.9. The van der Waals surface area contributed by atoms with E-state index in [1.165, 1.54) is 10.6 Å². The summed E-state index contributed by atoms with van der Waals surface area (Å²) in [7, 11) is 1.65. The average Bonchev–Trinajstić information content (AvgIpc) is 3.27. The molecule has 2 heterocycles. The van der Waals surface area contributed by atoms with E-state index in [1.54, 1.807) is 49.6 Å². The first-order valence-corrected chi connectivity index (χ1v) is 8.18. The van der Waals surface area contributed by atoms with Crippen molar-refractivity contribution in [3.63, 3.8) is 0 Å². The molecule has 10 nitrogen and oxygen atoms in total. The molecular weight excluding hydrogens is 368 g/mol. The Morgan fingerprint density at radius 2 is 1.89 bits per heavy atom. The molecule has 3 rings (SSSR count). The van der Waals surface area contributed by atoms with Crippen molar-refractivity contribution in [1.29, 1.82) is 0 Å². The minimum atomic E-state index is -0.878. The number of benzene rings is 1. The Balaban J connectivity index is 1.53. The van der Waals surface area contributed by atoms with Crippen LogP contribution in [0.5, 0.6) is 0 Å². The zero-order valence-corrected chi connectivity index (χ0v) is 14.8. The predicted molar refractivity (Wildman–Crippen MR) is 95.0 cm³/mol. The number of esters is 1. The number of carbonyl (C=O) groups is 3. The van der Waals surface area contributed by atoms with Crippen molar-refractivity contribution in [3.8, 4) is 11.5 Å². The van der Waals surface area contributed by atoms with Gasteiger partial charge in [-0.3, -0.25) is 19.7 Å². The van der Waals surface area contributed by atoms with Crippen LogP contribution >= 0.6 is 0 Å². The molecule has 1 N–H and O–H groups in total. The maximum atomic E-state index is 11.9. The quantitative estimate of drug-likeness (QED) is 0.608. The Kier molecular flexibility index (Phi) is 5.49. The molecule has 0 radical (unpaired) electrons. The molecule has 10 heteroatoms. The van der Waals surface area contributed by atoms with Gasteiger partial charge in [-0.2, -0.15) is 4.68 Å². The summed E-state index contributed by atoms with van der Waals surface area (Å²) in [6.07, 6.45) is 1.65. The van der Waals surface area contributed by atoms with E-state index in [-0.39, 0.29) is 11.6 Å². The number of imide groups is 1. The van der Waals surface area contributed by atoms with Crippen molar-refractivity contribution in [2.45, 2.75) is 6.54 Å². The predicted octanol–water partition coefficient (Wildman–Crippen LogP) is 0.342. The van der Waals surface area contributed by atoms with Crippen molar-refractivity contribution in [2.75, 3.05) is 6.61 Å². The molecule has 0 bridgehead atoms. The lowest BCUT2D eigenvalue weighted by atomic mass is 10.2.